The third kappa shape index (κ3) is 7.10. The average Bonchev–Trinajstić information content (AvgIpc) is 3.39. The van der Waals surface area contributed by atoms with E-state index in [1.165, 1.54) is 16.7 Å². The fourth-order valence-corrected chi connectivity index (χ4v) is 4.89. The maximum absolute atomic E-state index is 13.2. The molecule has 1 aromatic heterocycles. The molecule has 1 fully saturated rings. The summed E-state index contributed by atoms with van der Waals surface area (Å²) in [5, 5.41) is 0.730. The molecule has 0 bridgehead atoms. The third-order valence-corrected chi connectivity index (χ3v) is 6.98. The van der Waals surface area contributed by atoms with Crippen molar-refractivity contribution in [3.63, 3.8) is 0 Å². The normalized spacial score (nSPS) is 14.3. The second-order valence-corrected chi connectivity index (χ2v) is 10.0. The lowest BCUT2D eigenvalue weighted by Crippen LogP contribution is -2.48. The molecule has 1 saturated heterocycles. The highest BCUT2D eigenvalue weighted by Crippen LogP contribution is 2.19. The molecule has 4 aromatic rings. The molecule has 0 saturated carbocycles. The van der Waals surface area contributed by atoms with Gasteiger partial charge in [-0.2, -0.15) is 0 Å². The number of amides is 1. The Morgan fingerprint density at radius 3 is 1.95 bits per heavy atom. The van der Waals surface area contributed by atoms with E-state index >= 15 is 0 Å². The van der Waals surface area contributed by atoms with Crippen LogP contribution in [0.1, 0.15) is 33.0 Å². The lowest BCUT2D eigenvalue weighted by Gasteiger charge is -2.34. The third-order valence-electron chi connectivity index (χ3n) is 6.73. The molecule has 0 N–H and O–H groups in total. The van der Waals surface area contributed by atoms with Crippen LogP contribution < -0.4 is 0 Å². The van der Waals surface area contributed by atoms with Crippen LogP contribution in [0.25, 0.3) is 0 Å². The first-order chi connectivity index (χ1) is 18.1. The number of hydrogen-bond acceptors (Lipinski definition) is 4. The van der Waals surface area contributed by atoms with Crippen LogP contribution in [-0.4, -0.2) is 46.8 Å². The molecule has 0 unspecified atom stereocenters. The molecule has 1 aliphatic heterocycles. The maximum atomic E-state index is 13.2. The summed E-state index contributed by atoms with van der Waals surface area (Å²) >= 11 is 6.08. The molecule has 0 atom stereocenters. The lowest BCUT2D eigenvalue weighted by molar-refractivity contribution is 0.0594. The molecule has 0 aliphatic carbocycles. The molecule has 0 spiro atoms. The summed E-state index contributed by atoms with van der Waals surface area (Å²) in [5.41, 5.74) is 3.71. The van der Waals surface area contributed by atoms with Gasteiger partial charge in [0.2, 0.25) is 0 Å². The van der Waals surface area contributed by atoms with Crippen LogP contribution in [0.3, 0.4) is 0 Å². The molecule has 2 heterocycles. The van der Waals surface area contributed by atoms with Gasteiger partial charge in [0, 0.05) is 50.8 Å². The Hall–Kier alpha value is -3.38. The van der Waals surface area contributed by atoms with Crippen LogP contribution >= 0.6 is 11.6 Å². The molecule has 1 aliphatic rings. The average molecular weight is 514 g/mol. The lowest BCUT2D eigenvalue weighted by atomic mass is 10.1. The number of carbonyl (C=O) groups excluding carboxylic acids is 1. The van der Waals surface area contributed by atoms with E-state index in [1.54, 1.807) is 0 Å². The van der Waals surface area contributed by atoms with Crippen LogP contribution in [0, 0.1) is 0 Å². The van der Waals surface area contributed by atoms with E-state index in [-0.39, 0.29) is 5.91 Å². The number of halogens is 1. The van der Waals surface area contributed by atoms with E-state index in [1.807, 2.05) is 41.3 Å². The Kier molecular flexibility index (Phi) is 8.36. The van der Waals surface area contributed by atoms with E-state index in [0.717, 1.165) is 43.5 Å². The van der Waals surface area contributed by atoms with Gasteiger partial charge in [-0.05, 0) is 41.0 Å². The van der Waals surface area contributed by atoms with E-state index in [9.17, 15) is 4.79 Å². The van der Waals surface area contributed by atoms with Gasteiger partial charge < -0.3 is 9.32 Å². The first kappa shape index (κ1) is 25.3. The van der Waals surface area contributed by atoms with Gasteiger partial charge in [-0.15, -0.1) is 0 Å². The quantitative estimate of drug-likeness (QED) is 0.271. The van der Waals surface area contributed by atoms with Crippen molar-refractivity contribution in [2.45, 2.75) is 26.2 Å². The minimum atomic E-state index is -0.0297. The van der Waals surface area contributed by atoms with Crippen molar-refractivity contribution in [3.8, 4) is 0 Å². The van der Waals surface area contributed by atoms with Crippen molar-refractivity contribution in [1.82, 2.24) is 14.7 Å². The van der Waals surface area contributed by atoms with Crippen molar-refractivity contribution in [3.05, 3.63) is 130 Å². The summed E-state index contributed by atoms with van der Waals surface area (Å²) in [6.07, 6.45) is 0. The number of benzene rings is 3. The van der Waals surface area contributed by atoms with Crippen molar-refractivity contribution in [1.29, 1.82) is 0 Å². The zero-order valence-corrected chi connectivity index (χ0v) is 21.7. The van der Waals surface area contributed by atoms with E-state index in [0.29, 0.717) is 25.4 Å². The van der Waals surface area contributed by atoms with Gasteiger partial charge in [0.05, 0.1) is 6.54 Å². The Balaban J connectivity index is 1.20. The molecule has 6 heteroatoms. The van der Waals surface area contributed by atoms with Crippen LogP contribution in [0.4, 0.5) is 0 Å². The molecule has 0 radical (unpaired) electrons. The Labute approximate surface area is 223 Å². The highest BCUT2D eigenvalue weighted by atomic mass is 35.5. The molecule has 190 valence electrons. The van der Waals surface area contributed by atoms with Crippen LogP contribution in [0.15, 0.2) is 101 Å². The molecule has 3 aromatic carbocycles. The van der Waals surface area contributed by atoms with E-state index < -0.39 is 0 Å². The first-order valence-corrected chi connectivity index (χ1v) is 13.2. The highest BCUT2D eigenvalue weighted by Gasteiger charge is 2.24. The Morgan fingerprint density at radius 2 is 1.30 bits per heavy atom. The van der Waals surface area contributed by atoms with Gasteiger partial charge in [0.15, 0.2) is 5.76 Å². The number of carbonyl (C=O) groups is 1. The van der Waals surface area contributed by atoms with Crippen molar-refractivity contribution < 1.29 is 9.21 Å². The van der Waals surface area contributed by atoms with Crippen molar-refractivity contribution >= 4 is 17.5 Å². The zero-order chi connectivity index (χ0) is 25.5. The van der Waals surface area contributed by atoms with Crippen molar-refractivity contribution in [2.75, 3.05) is 26.2 Å². The number of nitrogens with zero attached hydrogens (tertiary/aromatic N) is 3. The molecular weight excluding hydrogens is 482 g/mol. The first-order valence-electron chi connectivity index (χ1n) is 12.8. The number of piperazine rings is 1. The van der Waals surface area contributed by atoms with E-state index in [2.05, 4.69) is 70.5 Å². The Bertz CT molecular complexity index is 1270. The highest BCUT2D eigenvalue weighted by molar-refractivity contribution is 6.30. The SMILES string of the molecule is O=C(c1ccc(CN(Cc2ccccc2)Cc2ccc(Cl)cc2)o1)N1CCN(Cc2ccccc2)CC1. The number of rotatable bonds is 9. The predicted octanol–water partition coefficient (Wildman–Crippen LogP) is 6.09. The second kappa shape index (κ2) is 12.2. The second-order valence-electron chi connectivity index (χ2n) is 9.58. The largest absolute Gasteiger partial charge is 0.455 e. The molecule has 1 amide bonds. The summed E-state index contributed by atoms with van der Waals surface area (Å²) in [5.74, 6) is 1.17. The Morgan fingerprint density at radius 1 is 0.703 bits per heavy atom. The van der Waals surface area contributed by atoms with Crippen LogP contribution in [0.2, 0.25) is 5.02 Å². The van der Waals surface area contributed by atoms with Crippen LogP contribution in [-0.2, 0) is 26.2 Å². The zero-order valence-electron chi connectivity index (χ0n) is 20.9. The van der Waals surface area contributed by atoms with Gasteiger partial charge in [0.25, 0.3) is 5.91 Å². The fraction of sp³-hybridized carbons (Fsp3) is 0.258. The smallest absolute Gasteiger partial charge is 0.289 e. The predicted molar refractivity (Wildman–Crippen MR) is 147 cm³/mol. The summed E-state index contributed by atoms with van der Waals surface area (Å²) in [7, 11) is 0. The topological polar surface area (TPSA) is 39.9 Å². The minimum Gasteiger partial charge on any atom is -0.455 e. The van der Waals surface area contributed by atoms with Gasteiger partial charge >= 0.3 is 0 Å². The summed E-state index contributed by atoms with van der Waals surface area (Å²) in [6, 6.07) is 32.5. The van der Waals surface area contributed by atoms with Gasteiger partial charge in [0.1, 0.15) is 5.76 Å². The maximum Gasteiger partial charge on any atom is 0.289 e. The summed E-state index contributed by atoms with van der Waals surface area (Å²) in [4.78, 5) is 19.8. The van der Waals surface area contributed by atoms with Gasteiger partial charge in [-0.3, -0.25) is 14.6 Å². The van der Waals surface area contributed by atoms with Crippen molar-refractivity contribution in [2.24, 2.45) is 0 Å². The van der Waals surface area contributed by atoms with Gasteiger partial charge in [-0.25, -0.2) is 0 Å². The molecule has 37 heavy (non-hydrogen) atoms. The molecular formula is C31H32ClN3O2. The molecule has 5 rings (SSSR count). The standard InChI is InChI=1S/C31H32ClN3O2/c32-28-13-11-27(12-14-28)23-34(22-26-9-5-2-6-10-26)24-29-15-16-30(37-29)31(36)35-19-17-33(18-20-35)21-25-7-3-1-4-8-25/h1-16H,17-24H2. The van der Waals surface area contributed by atoms with E-state index in [4.69, 9.17) is 16.0 Å². The monoisotopic (exact) mass is 513 g/mol. The summed E-state index contributed by atoms with van der Waals surface area (Å²) in [6.45, 7) is 6.18. The minimum absolute atomic E-state index is 0.0297. The fourth-order valence-electron chi connectivity index (χ4n) is 4.76. The molecule has 5 nitrogen and oxygen atoms in total. The summed E-state index contributed by atoms with van der Waals surface area (Å²) < 4.78 is 6.08. The van der Waals surface area contributed by atoms with Crippen LogP contribution in [0.5, 0.6) is 0 Å². The number of hydrogen-bond donors (Lipinski definition) is 0. The van der Waals surface area contributed by atoms with Gasteiger partial charge in [-0.1, -0.05) is 84.4 Å². The number of furan rings is 1.